The van der Waals surface area contributed by atoms with Crippen molar-refractivity contribution in [3.63, 3.8) is 0 Å². The third kappa shape index (κ3) is 3.52. The van der Waals surface area contributed by atoms with Gasteiger partial charge in [0.15, 0.2) is 0 Å². The van der Waals surface area contributed by atoms with Crippen LogP contribution in [0.1, 0.15) is 30.5 Å². The van der Waals surface area contributed by atoms with Crippen LogP contribution >= 0.6 is 0 Å². The van der Waals surface area contributed by atoms with E-state index in [0.717, 1.165) is 22.3 Å². The fraction of sp³-hybridized carbons (Fsp3) is 0.368. The van der Waals surface area contributed by atoms with Gasteiger partial charge in [0.05, 0.1) is 5.41 Å². The molecule has 0 N–H and O–H groups in total. The largest absolute Gasteiger partial charge is 0.394 e. The van der Waals surface area contributed by atoms with E-state index in [1.165, 1.54) is 19.4 Å². The average Bonchev–Trinajstić information content (AvgIpc) is 2.38. The lowest BCUT2D eigenvalue weighted by Gasteiger charge is -2.28. The maximum absolute atomic E-state index is 13.0. The van der Waals surface area contributed by atoms with Gasteiger partial charge >= 0.3 is 6.18 Å². The van der Waals surface area contributed by atoms with Crippen molar-refractivity contribution >= 4 is 0 Å². The molecule has 0 atom stereocenters. The summed E-state index contributed by atoms with van der Waals surface area (Å²) in [7, 11) is 0. The van der Waals surface area contributed by atoms with Crippen molar-refractivity contribution in [1.29, 1.82) is 0 Å². The molecule has 0 radical (unpaired) electrons. The Bertz CT molecular complexity index is 649. The summed E-state index contributed by atoms with van der Waals surface area (Å²) in [6, 6.07) is 13.7. The number of aryl methyl sites for hydroxylation is 2. The van der Waals surface area contributed by atoms with Crippen LogP contribution in [0.2, 0.25) is 0 Å². The predicted octanol–water partition coefficient (Wildman–Crippen LogP) is 6.10. The molecule has 0 fully saturated rings. The average molecular weight is 306 g/mol. The Balaban J connectivity index is 2.29. The van der Waals surface area contributed by atoms with Crippen molar-refractivity contribution in [1.82, 2.24) is 0 Å². The minimum absolute atomic E-state index is 0.00841. The Labute approximate surface area is 130 Å². The summed E-state index contributed by atoms with van der Waals surface area (Å²) in [4.78, 5) is 0. The second kappa shape index (κ2) is 5.79. The maximum atomic E-state index is 13.0. The second-order valence-electron chi connectivity index (χ2n) is 6.57. The van der Waals surface area contributed by atoms with E-state index in [9.17, 15) is 13.2 Å². The molecule has 0 aromatic heterocycles. The highest BCUT2D eigenvalue weighted by Crippen LogP contribution is 2.40. The van der Waals surface area contributed by atoms with Gasteiger partial charge in [0, 0.05) is 0 Å². The van der Waals surface area contributed by atoms with Crippen LogP contribution in [-0.4, -0.2) is 6.18 Å². The molecule has 2 aromatic rings. The molecule has 2 rings (SSSR count). The van der Waals surface area contributed by atoms with E-state index in [2.05, 4.69) is 0 Å². The molecule has 0 saturated carbocycles. The van der Waals surface area contributed by atoms with Crippen LogP contribution in [-0.2, 0) is 6.42 Å². The van der Waals surface area contributed by atoms with E-state index in [0.29, 0.717) is 0 Å². The van der Waals surface area contributed by atoms with E-state index >= 15 is 0 Å². The van der Waals surface area contributed by atoms with Gasteiger partial charge in [-0.15, -0.1) is 0 Å². The maximum Gasteiger partial charge on any atom is 0.394 e. The normalized spacial score (nSPS) is 12.5. The monoisotopic (exact) mass is 306 g/mol. The van der Waals surface area contributed by atoms with Crippen LogP contribution in [0.4, 0.5) is 13.2 Å². The molecule has 22 heavy (non-hydrogen) atoms. The smallest absolute Gasteiger partial charge is 0.171 e. The molecule has 0 amide bonds. The summed E-state index contributed by atoms with van der Waals surface area (Å²) in [6.45, 7) is 6.46. The minimum Gasteiger partial charge on any atom is -0.171 e. The Morgan fingerprint density at radius 2 is 1.45 bits per heavy atom. The van der Waals surface area contributed by atoms with Crippen molar-refractivity contribution in [2.75, 3.05) is 0 Å². The van der Waals surface area contributed by atoms with Gasteiger partial charge in [-0.3, -0.25) is 0 Å². The second-order valence-corrected chi connectivity index (χ2v) is 6.57. The van der Waals surface area contributed by atoms with Crippen LogP contribution in [0.5, 0.6) is 0 Å². The van der Waals surface area contributed by atoms with Gasteiger partial charge in [0.25, 0.3) is 0 Å². The zero-order valence-corrected chi connectivity index (χ0v) is 13.4. The zero-order chi connectivity index (χ0) is 16.5. The summed E-state index contributed by atoms with van der Waals surface area (Å²) in [5.74, 6) is 0. The van der Waals surface area contributed by atoms with E-state index in [4.69, 9.17) is 0 Å². The number of benzene rings is 2. The SMILES string of the molecule is Cc1ccc(-c2ccc(CC(C)(C)C(F)(F)F)cc2C)cc1. The zero-order valence-electron chi connectivity index (χ0n) is 13.4. The van der Waals surface area contributed by atoms with Gasteiger partial charge in [-0.25, -0.2) is 0 Å². The Morgan fingerprint density at radius 3 is 1.95 bits per heavy atom. The topological polar surface area (TPSA) is 0 Å². The number of alkyl halides is 3. The quantitative estimate of drug-likeness (QED) is 0.642. The highest BCUT2D eigenvalue weighted by atomic mass is 19.4. The molecule has 0 nitrogen and oxygen atoms in total. The lowest BCUT2D eigenvalue weighted by molar-refractivity contribution is -0.211. The van der Waals surface area contributed by atoms with Gasteiger partial charge in [0.1, 0.15) is 0 Å². The number of hydrogen-bond acceptors (Lipinski definition) is 0. The predicted molar refractivity (Wildman–Crippen MR) is 84.9 cm³/mol. The van der Waals surface area contributed by atoms with Crippen LogP contribution in [0.15, 0.2) is 42.5 Å². The molecule has 0 aliphatic heterocycles. The summed E-state index contributed by atoms with van der Waals surface area (Å²) in [6.07, 6.45) is -4.21. The van der Waals surface area contributed by atoms with Crippen LogP contribution in [0.25, 0.3) is 11.1 Å². The first-order chi connectivity index (χ1) is 10.1. The van der Waals surface area contributed by atoms with Gasteiger partial charge in [-0.1, -0.05) is 61.9 Å². The molecular weight excluding hydrogens is 285 g/mol. The summed E-state index contributed by atoms with van der Waals surface area (Å²) < 4.78 is 39.0. The van der Waals surface area contributed by atoms with Crippen LogP contribution in [0, 0.1) is 19.3 Å². The van der Waals surface area contributed by atoms with E-state index in [-0.39, 0.29) is 6.42 Å². The first-order valence-electron chi connectivity index (χ1n) is 7.33. The minimum atomic E-state index is -4.20. The highest BCUT2D eigenvalue weighted by molar-refractivity contribution is 5.67. The molecule has 0 aliphatic carbocycles. The van der Waals surface area contributed by atoms with Crippen molar-refractivity contribution in [2.45, 2.75) is 40.3 Å². The van der Waals surface area contributed by atoms with E-state index in [1.54, 1.807) is 6.07 Å². The van der Waals surface area contributed by atoms with E-state index in [1.807, 2.05) is 50.2 Å². The number of halogens is 3. The van der Waals surface area contributed by atoms with Gasteiger partial charge < -0.3 is 0 Å². The summed E-state index contributed by atoms with van der Waals surface area (Å²) >= 11 is 0. The molecule has 0 saturated heterocycles. The third-order valence-corrected chi connectivity index (χ3v) is 4.07. The molecule has 118 valence electrons. The number of hydrogen-bond donors (Lipinski definition) is 0. The lowest BCUT2D eigenvalue weighted by Crippen LogP contribution is -2.34. The Kier molecular flexibility index (Phi) is 4.37. The van der Waals surface area contributed by atoms with Crippen molar-refractivity contribution in [3.8, 4) is 11.1 Å². The molecule has 0 heterocycles. The summed E-state index contributed by atoms with van der Waals surface area (Å²) in [5.41, 5.74) is 3.34. The third-order valence-electron chi connectivity index (χ3n) is 4.07. The molecule has 2 aromatic carbocycles. The van der Waals surface area contributed by atoms with Gasteiger partial charge in [0.2, 0.25) is 0 Å². The van der Waals surface area contributed by atoms with Crippen LogP contribution in [0.3, 0.4) is 0 Å². The molecule has 0 unspecified atom stereocenters. The van der Waals surface area contributed by atoms with E-state index < -0.39 is 11.6 Å². The fourth-order valence-corrected chi connectivity index (χ4v) is 2.50. The molecular formula is C19H21F3. The standard InChI is InChI=1S/C19H21F3/c1-13-5-8-16(9-6-13)17-10-7-15(11-14(17)2)12-18(3,4)19(20,21)22/h5-11H,12H2,1-4H3. The first kappa shape index (κ1) is 16.6. The van der Waals surface area contributed by atoms with Crippen molar-refractivity contribution in [3.05, 3.63) is 59.2 Å². The lowest BCUT2D eigenvalue weighted by atomic mass is 9.84. The Morgan fingerprint density at radius 1 is 0.864 bits per heavy atom. The first-order valence-corrected chi connectivity index (χ1v) is 7.33. The van der Waals surface area contributed by atoms with Gasteiger partial charge in [-0.05, 0) is 42.5 Å². The van der Waals surface area contributed by atoms with Gasteiger partial charge in [-0.2, -0.15) is 13.2 Å². The van der Waals surface area contributed by atoms with Crippen molar-refractivity contribution in [2.24, 2.45) is 5.41 Å². The Hall–Kier alpha value is -1.77. The fourth-order valence-electron chi connectivity index (χ4n) is 2.50. The molecule has 0 bridgehead atoms. The molecule has 0 aliphatic rings. The molecule has 0 spiro atoms. The molecule has 3 heteroatoms. The highest BCUT2D eigenvalue weighted by Gasteiger charge is 2.46. The number of rotatable bonds is 3. The summed E-state index contributed by atoms with van der Waals surface area (Å²) in [5, 5.41) is 0. The van der Waals surface area contributed by atoms with Crippen LogP contribution < -0.4 is 0 Å². The van der Waals surface area contributed by atoms with Crippen molar-refractivity contribution < 1.29 is 13.2 Å².